The van der Waals surface area contributed by atoms with E-state index in [0.717, 1.165) is 22.5 Å². The first kappa shape index (κ1) is 20.7. The van der Waals surface area contributed by atoms with Crippen LogP contribution < -0.4 is 5.32 Å². The molecule has 3 aromatic rings. The number of amides is 1. The number of carbonyl (C=O) groups excluding carboxylic acids is 1. The van der Waals surface area contributed by atoms with Gasteiger partial charge in [-0.05, 0) is 50.1 Å². The summed E-state index contributed by atoms with van der Waals surface area (Å²) in [6, 6.07) is 11.2. The quantitative estimate of drug-likeness (QED) is 0.511. The standard InChI is InChI=1S/C20H20Cl2N4OS/c1-4-26-19(14-7-5-12(2)16(22)9-14)24-25-20(26)28-11-18(27)23-17-10-15(21)8-6-13(17)3/h5-10H,4,11H2,1-3H3,(H,23,27). The zero-order chi connectivity index (χ0) is 20.3. The maximum absolute atomic E-state index is 12.4. The number of benzene rings is 2. The SMILES string of the molecule is CCn1c(SCC(=O)Nc2cc(Cl)ccc2C)nnc1-c1ccc(C)c(Cl)c1. The highest BCUT2D eigenvalue weighted by molar-refractivity contribution is 7.99. The van der Waals surface area contributed by atoms with Gasteiger partial charge in [-0.2, -0.15) is 0 Å². The van der Waals surface area contributed by atoms with E-state index in [4.69, 9.17) is 23.2 Å². The molecule has 0 bridgehead atoms. The molecule has 0 aliphatic carbocycles. The molecule has 0 aliphatic rings. The Bertz CT molecular complexity index is 1020. The van der Waals surface area contributed by atoms with Crippen LogP contribution in [0.1, 0.15) is 18.1 Å². The second-order valence-electron chi connectivity index (χ2n) is 6.31. The Kier molecular flexibility index (Phi) is 6.65. The molecule has 0 radical (unpaired) electrons. The minimum absolute atomic E-state index is 0.124. The van der Waals surface area contributed by atoms with E-state index in [9.17, 15) is 4.79 Å². The maximum Gasteiger partial charge on any atom is 0.234 e. The molecule has 1 heterocycles. The molecule has 0 fully saturated rings. The fourth-order valence-electron chi connectivity index (χ4n) is 2.67. The van der Waals surface area contributed by atoms with Crippen molar-refractivity contribution >= 4 is 46.6 Å². The predicted molar refractivity (Wildman–Crippen MR) is 116 cm³/mol. The number of aromatic nitrogens is 3. The molecule has 2 aromatic carbocycles. The van der Waals surface area contributed by atoms with E-state index in [2.05, 4.69) is 15.5 Å². The van der Waals surface area contributed by atoms with E-state index in [1.807, 2.05) is 49.6 Å². The highest BCUT2D eigenvalue weighted by atomic mass is 35.5. The van der Waals surface area contributed by atoms with Crippen LogP contribution in [-0.4, -0.2) is 26.4 Å². The van der Waals surface area contributed by atoms with Crippen LogP contribution in [0.5, 0.6) is 0 Å². The van der Waals surface area contributed by atoms with Gasteiger partial charge in [0.2, 0.25) is 5.91 Å². The Hall–Kier alpha value is -2.02. The topological polar surface area (TPSA) is 59.8 Å². The summed E-state index contributed by atoms with van der Waals surface area (Å²) >= 11 is 13.6. The van der Waals surface area contributed by atoms with E-state index in [1.165, 1.54) is 11.8 Å². The second kappa shape index (κ2) is 8.99. The highest BCUT2D eigenvalue weighted by Gasteiger charge is 2.15. The zero-order valence-corrected chi connectivity index (χ0v) is 18.1. The van der Waals surface area contributed by atoms with Crippen molar-refractivity contribution in [1.82, 2.24) is 14.8 Å². The van der Waals surface area contributed by atoms with Gasteiger partial charge < -0.3 is 9.88 Å². The van der Waals surface area contributed by atoms with Crippen LogP contribution in [0.15, 0.2) is 41.6 Å². The average Bonchev–Trinajstić information content (AvgIpc) is 3.08. The summed E-state index contributed by atoms with van der Waals surface area (Å²) in [6.07, 6.45) is 0. The van der Waals surface area contributed by atoms with E-state index in [1.54, 1.807) is 12.1 Å². The molecule has 3 rings (SSSR count). The lowest BCUT2D eigenvalue weighted by atomic mass is 10.1. The van der Waals surface area contributed by atoms with Crippen LogP contribution in [0.3, 0.4) is 0 Å². The van der Waals surface area contributed by atoms with E-state index >= 15 is 0 Å². The largest absolute Gasteiger partial charge is 0.325 e. The van der Waals surface area contributed by atoms with E-state index in [0.29, 0.717) is 27.4 Å². The summed E-state index contributed by atoms with van der Waals surface area (Å²) in [6.45, 7) is 6.58. The fraction of sp³-hybridized carbons (Fsp3) is 0.250. The molecule has 8 heteroatoms. The lowest BCUT2D eigenvalue weighted by Gasteiger charge is -2.10. The number of carbonyl (C=O) groups is 1. The van der Waals surface area contributed by atoms with Crippen molar-refractivity contribution < 1.29 is 4.79 Å². The number of nitrogens with one attached hydrogen (secondary N) is 1. The molecule has 0 saturated heterocycles. The fourth-order valence-corrected chi connectivity index (χ4v) is 3.83. The van der Waals surface area contributed by atoms with Crippen LogP contribution >= 0.6 is 35.0 Å². The molecule has 1 aromatic heterocycles. The molecule has 28 heavy (non-hydrogen) atoms. The molecule has 0 unspecified atom stereocenters. The molecule has 0 aliphatic heterocycles. The molecule has 0 atom stereocenters. The number of hydrogen-bond donors (Lipinski definition) is 1. The van der Waals surface area contributed by atoms with Gasteiger partial charge in [0.05, 0.1) is 5.75 Å². The van der Waals surface area contributed by atoms with Crippen molar-refractivity contribution in [2.24, 2.45) is 0 Å². The second-order valence-corrected chi connectivity index (χ2v) is 8.10. The van der Waals surface area contributed by atoms with Gasteiger partial charge >= 0.3 is 0 Å². The molecule has 5 nitrogen and oxygen atoms in total. The maximum atomic E-state index is 12.4. The molecule has 146 valence electrons. The monoisotopic (exact) mass is 434 g/mol. The first-order chi connectivity index (χ1) is 13.4. The molecule has 0 saturated carbocycles. The van der Waals surface area contributed by atoms with Gasteiger partial charge in [-0.1, -0.05) is 53.2 Å². The number of aryl methyl sites for hydroxylation is 2. The van der Waals surface area contributed by atoms with Gasteiger partial charge in [-0.15, -0.1) is 10.2 Å². The predicted octanol–water partition coefficient (Wildman–Crippen LogP) is 5.62. The number of anilines is 1. The number of halogens is 2. The minimum Gasteiger partial charge on any atom is -0.325 e. The molecule has 1 amide bonds. The smallest absolute Gasteiger partial charge is 0.234 e. The molecular weight excluding hydrogens is 415 g/mol. The lowest BCUT2D eigenvalue weighted by Crippen LogP contribution is -2.15. The van der Waals surface area contributed by atoms with Gasteiger partial charge in [0.15, 0.2) is 11.0 Å². The first-order valence-corrected chi connectivity index (χ1v) is 10.5. The van der Waals surface area contributed by atoms with Crippen LogP contribution in [0.2, 0.25) is 10.0 Å². The van der Waals surface area contributed by atoms with Crippen molar-refractivity contribution in [3.8, 4) is 11.4 Å². The Morgan fingerprint density at radius 1 is 1.11 bits per heavy atom. The highest BCUT2D eigenvalue weighted by Crippen LogP contribution is 2.28. The van der Waals surface area contributed by atoms with Crippen molar-refractivity contribution in [3.05, 3.63) is 57.6 Å². The summed E-state index contributed by atoms with van der Waals surface area (Å²) < 4.78 is 1.98. The Morgan fingerprint density at radius 2 is 1.86 bits per heavy atom. The van der Waals surface area contributed by atoms with Gasteiger partial charge in [0.25, 0.3) is 0 Å². The van der Waals surface area contributed by atoms with Crippen molar-refractivity contribution in [2.45, 2.75) is 32.5 Å². The number of hydrogen-bond acceptors (Lipinski definition) is 4. The van der Waals surface area contributed by atoms with Gasteiger partial charge in [0.1, 0.15) is 0 Å². The van der Waals surface area contributed by atoms with E-state index < -0.39 is 0 Å². The summed E-state index contributed by atoms with van der Waals surface area (Å²) in [5.41, 5.74) is 3.58. The van der Waals surface area contributed by atoms with Gasteiger partial charge in [-0.3, -0.25) is 4.79 Å². The molecule has 0 spiro atoms. The number of rotatable bonds is 6. The van der Waals surface area contributed by atoms with Crippen molar-refractivity contribution in [1.29, 1.82) is 0 Å². The van der Waals surface area contributed by atoms with Gasteiger partial charge in [0, 0.05) is 27.8 Å². The third-order valence-corrected chi connectivity index (χ3v) is 5.88. The van der Waals surface area contributed by atoms with Crippen molar-refractivity contribution in [3.63, 3.8) is 0 Å². The minimum atomic E-state index is -0.124. The Balaban J connectivity index is 1.72. The Labute approximate surface area is 178 Å². The summed E-state index contributed by atoms with van der Waals surface area (Å²) in [4.78, 5) is 12.4. The normalized spacial score (nSPS) is 10.9. The summed E-state index contributed by atoms with van der Waals surface area (Å²) in [5.74, 6) is 0.831. The third-order valence-electron chi connectivity index (χ3n) is 4.27. The summed E-state index contributed by atoms with van der Waals surface area (Å²) in [5, 5.41) is 13.4. The van der Waals surface area contributed by atoms with Crippen LogP contribution in [0, 0.1) is 13.8 Å². The Morgan fingerprint density at radius 3 is 2.57 bits per heavy atom. The summed E-state index contributed by atoms with van der Waals surface area (Å²) in [7, 11) is 0. The third kappa shape index (κ3) is 4.69. The molecular formula is C20H20Cl2N4OS. The number of thioether (sulfide) groups is 1. The first-order valence-electron chi connectivity index (χ1n) is 8.77. The number of nitrogens with zero attached hydrogens (tertiary/aromatic N) is 3. The molecule has 1 N–H and O–H groups in total. The van der Waals surface area contributed by atoms with Gasteiger partial charge in [-0.25, -0.2) is 0 Å². The van der Waals surface area contributed by atoms with E-state index in [-0.39, 0.29) is 11.7 Å². The zero-order valence-electron chi connectivity index (χ0n) is 15.8. The van der Waals surface area contributed by atoms with Crippen molar-refractivity contribution in [2.75, 3.05) is 11.1 Å². The average molecular weight is 435 g/mol. The van der Waals surface area contributed by atoms with Crippen LogP contribution in [0.25, 0.3) is 11.4 Å². The van der Waals surface area contributed by atoms with Crippen LogP contribution in [0.4, 0.5) is 5.69 Å². The lowest BCUT2D eigenvalue weighted by molar-refractivity contribution is -0.113. The van der Waals surface area contributed by atoms with Crippen LogP contribution in [-0.2, 0) is 11.3 Å².